The van der Waals surface area contributed by atoms with Gasteiger partial charge in [-0.15, -0.1) is 0 Å². The summed E-state index contributed by atoms with van der Waals surface area (Å²) in [6.07, 6.45) is 2.48. The van der Waals surface area contributed by atoms with Crippen LogP contribution in [0.2, 0.25) is 0 Å². The normalized spacial score (nSPS) is 11.2. The number of nitrogens with zero attached hydrogens (tertiary/aromatic N) is 2. The van der Waals surface area contributed by atoms with E-state index in [4.69, 9.17) is 5.73 Å². The Hall–Kier alpha value is -0.610. The number of hydrogen-bond donors (Lipinski definition) is 1. The molecule has 17 heavy (non-hydrogen) atoms. The molecule has 0 aliphatic rings. The van der Waals surface area contributed by atoms with Crippen LogP contribution in [0.4, 0.5) is 0 Å². The SMILES string of the molecule is CC(C)CN(CCN(C)C)C(=O)CCCCN. The van der Waals surface area contributed by atoms with Gasteiger partial charge in [0.05, 0.1) is 0 Å². The first-order valence-electron chi connectivity index (χ1n) is 6.60. The maximum Gasteiger partial charge on any atom is 0.222 e. The van der Waals surface area contributed by atoms with Gasteiger partial charge in [-0.05, 0) is 39.4 Å². The lowest BCUT2D eigenvalue weighted by molar-refractivity contribution is -0.132. The van der Waals surface area contributed by atoms with Gasteiger partial charge in [0.25, 0.3) is 0 Å². The molecule has 0 saturated heterocycles. The second kappa shape index (κ2) is 9.42. The van der Waals surface area contributed by atoms with Crippen LogP contribution >= 0.6 is 0 Å². The third kappa shape index (κ3) is 9.12. The summed E-state index contributed by atoms with van der Waals surface area (Å²) in [5.41, 5.74) is 5.44. The van der Waals surface area contributed by atoms with Crippen molar-refractivity contribution in [1.82, 2.24) is 9.80 Å². The third-order valence-electron chi connectivity index (χ3n) is 2.60. The zero-order chi connectivity index (χ0) is 13.3. The number of likely N-dealkylation sites (N-methyl/N-ethyl adjacent to an activating group) is 1. The van der Waals surface area contributed by atoms with Crippen LogP contribution in [0.1, 0.15) is 33.1 Å². The molecular formula is C13H29N3O. The minimum absolute atomic E-state index is 0.272. The quantitative estimate of drug-likeness (QED) is 0.618. The summed E-state index contributed by atoms with van der Waals surface area (Å²) in [6.45, 7) is 7.58. The molecule has 2 N–H and O–H groups in total. The number of nitrogens with two attached hydrogens (primary N) is 1. The summed E-state index contributed by atoms with van der Waals surface area (Å²) in [5.74, 6) is 0.796. The number of amides is 1. The fourth-order valence-electron chi connectivity index (χ4n) is 1.66. The summed E-state index contributed by atoms with van der Waals surface area (Å²) in [6, 6.07) is 0. The molecule has 1 amide bonds. The maximum atomic E-state index is 12.0. The van der Waals surface area contributed by atoms with Gasteiger partial charge >= 0.3 is 0 Å². The second-order valence-electron chi connectivity index (χ2n) is 5.28. The fraction of sp³-hybridized carbons (Fsp3) is 0.923. The Morgan fingerprint density at radius 1 is 1.18 bits per heavy atom. The number of unbranched alkanes of at least 4 members (excludes halogenated alkanes) is 1. The van der Waals surface area contributed by atoms with Crippen LogP contribution in [-0.2, 0) is 4.79 Å². The summed E-state index contributed by atoms with van der Waals surface area (Å²) in [5, 5.41) is 0. The van der Waals surface area contributed by atoms with Crippen molar-refractivity contribution in [3.8, 4) is 0 Å². The molecule has 0 radical (unpaired) electrons. The van der Waals surface area contributed by atoms with Gasteiger partial charge in [0, 0.05) is 26.1 Å². The van der Waals surface area contributed by atoms with Crippen molar-refractivity contribution in [3.05, 3.63) is 0 Å². The molecule has 0 spiro atoms. The maximum absolute atomic E-state index is 12.0. The predicted molar refractivity (Wildman–Crippen MR) is 72.9 cm³/mol. The molecule has 4 nitrogen and oxygen atoms in total. The minimum Gasteiger partial charge on any atom is -0.341 e. The van der Waals surface area contributed by atoms with Crippen LogP contribution in [0.3, 0.4) is 0 Å². The molecule has 102 valence electrons. The van der Waals surface area contributed by atoms with Crippen molar-refractivity contribution in [2.75, 3.05) is 40.3 Å². The van der Waals surface area contributed by atoms with E-state index >= 15 is 0 Å². The number of carbonyl (C=O) groups is 1. The van der Waals surface area contributed by atoms with Gasteiger partial charge in [0.1, 0.15) is 0 Å². The molecule has 4 heteroatoms. The Kier molecular flexibility index (Phi) is 9.09. The minimum atomic E-state index is 0.272. The highest BCUT2D eigenvalue weighted by Crippen LogP contribution is 2.04. The highest BCUT2D eigenvalue weighted by Gasteiger charge is 2.14. The van der Waals surface area contributed by atoms with Gasteiger partial charge in [-0.25, -0.2) is 0 Å². The summed E-state index contributed by atoms with van der Waals surface area (Å²) in [7, 11) is 4.07. The Bertz CT molecular complexity index is 205. The Balaban J connectivity index is 4.10. The van der Waals surface area contributed by atoms with Crippen LogP contribution in [0, 0.1) is 5.92 Å². The molecule has 0 bridgehead atoms. The summed E-state index contributed by atoms with van der Waals surface area (Å²) >= 11 is 0. The fourth-order valence-corrected chi connectivity index (χ4v) is 1.66. The average Bonchev–Trinajstić information content (AvgIpc) is 2.23. The molecule has 0 aromatic rings. The highest BCUT2D eigenvalue weighted by atomic mass is 16.2. The van der Waals surface area contributed by atoms with Gasteiger partial charge in [-0.3, -0.25) is 4.79 Å². The highest BCUT2D eigenvalue weighted by molar-refractivity contribution is 5.76. The lowest BCUT2D eigenvalue weighted by Crippen LogP contribution is -2.38. The Morgan fingerprint density at radius 2 is 1.82 bits per heavy atom. The predicted octanol–water partition coefficient (Wildman–Crippen LogP) is 1.16. The van der Waals surface area contributed by atoms with Crippen LogP contribution in [0.25, 0.3) is 0 Å². The Morgan fingerprint density at radius 3 is 2.29 bits per heavy atom. The van der Waals surface area contributed by atoms with Gasteiger partial charge in [0.15, 0.2) is 0 Å². The van der Waals surface area contributed by atoms with E-state index in [1.165, 1.54) is 0 Å². The van der Waals surface area contributed by atoms with E-state index in [-0.39, 0.29) is 5.91 Å². The topological polar surface area (TPSA) is 49.6 Å². The monoisotopic (exact) mass is 243 g/mol. The Labute approximate surface area is 106 Å². The molecule has 0 aromatic heterocycles. The second-order valence-corrected chi connectivity index (χ2v) is 5.28. The van der Waals surface area contributed by atoms with E-state index in [2.05, 4.69) is 18.7 Å². The van der Waals surface area contributed by atoms with Gasteiger partial charge in [-0.2, -0.15) is 0 Å². The summed E-state index contributed by atoms with van der Waals surface area (Å²) in [4.78, 5) is 16.1. The van der Waals surface area contributed by atoms with E-state index in [1.54, 1.807) is 0 Å². The molecule has 0 heterocycles. The molecule has 0 aliphatic carbocycles. The van der Waals surface area contributed by atoms with Crippen molar-refractivity contribution in [1.29, 1.82) is 0 Å². The average molecular weight is 243 g/mol. The van der Waals surface area contributed by atoms with Crippen molar-refractivity contribution in [2.45, 2.75) is 33.1 Å². The molecule has 0 fully saturated rings. The lowest BCUT2D eigenvalue weighted by Gasteiger charge is -2.26. The number of carbonyl (C=O) groups excluding carboxylic acids is 1. The lowest BCUT2D eigenvalue weighted by atomic mass is 10.1. The van der Waals surface area contributed by atoms with Gasteiger partial charge < -0.3 is 15.5 Å². The summed E-state index contributed by atoms with van der Waals surface area (Å²) < 4.78 is 0. The van der Waals surface area contributed by atoms with Crippen LogP contribution < -0.4 is 5.73 Å². The molecule has 0 saturated carbocycles. The first-order chi connectivity index (χ1) is 7.97. The first-order valence-corrected chi connectivity index (χ1v) is 6.60. The molecular weight excluding hydrogens is 214 g/mol. The standard InChI is InChI=1S/C13H29N3O/c1-12(2)11-16(10-9-15(3)4)13(17)7-5-6-8-14/h12H,5-11,14H2,1-4H3. The van der Waals surface area contributed by atoms with E-state index in [0.29, 0.717) is 18.9 Å². The van der Waals surface area contributed by atoms with Crippen molar-refractivity contribution in [3.63, 3.8) is 0 Å². The van der Waals surface area contributed by atoms with E-state index in [9.17, 15) is 4.79 Å². The van der Waals surface area contributed by atoms with Crippen molar-refractivity contribution >= 4 is 5.91 Å². The molecule has 0 atom stereocenters. The van der Waals surface area contributed by atoms with Crippen molar-refractivity contribution < 1.29 is 4.79 Å². The van der Waals surface area contributed by atoms with Crippen LogP contribution in [0.5, 0.6) is 0 Å². The zero-order valence-electron chi connectivity index (χ0n) is 11.9. The van der Waals surface area contributed by atoms with Gasteiger partial charge in [-0.1, -0.05) is 13.8 Å². The third-order valence-corrected chi connectivity index (χ3v) is 2.60. The van der Waals surface area contributed by atoms with E-state index < -0.39 is 0 Å². The van der Waals surface area contributed by atoms with Gasteiger partial charge in [0.2, 0.25) is 5.91 Å². The molecule has 0 aromatic carbocycles. The van der Waals surface area contributed by atoms with E-state index in [0.717, 1.165) is 32.5 Å². The van der Waals surface area contributed by atoms with Crippen molar-refractivity contribution in [2.24, 2.45) is 11.7 Å². The number of hydrogen-bond acceptors (Lipinski definition) is 3. The largest absolute Gasteiger partial charge is 0.341 e. The zero-order valence-corrected chi connectivity index (χ0v) is 11.9. The number of rotatable bonds is 9. The molecule has 0 aliphatic heterocycles. The van der Waals surface area contributed by atoms with Crippen LogP contribution in [-0.4, -0.2) is 56.0 Å². The molecule has 0 rings (SSSR count). The smallest absolute Gasteiger partial charge is 0.222 e. The first kappa shape index (κ1) is 16.4. The molecule has 0 unspecified atom stereocenters. The van der Waals surface area contributed by atoms with E-state index in [1.807, 2.05) is 19.0 Å². The van der Waals surface area contributed by atoms with Crippen LogP contribution in [0.15, 0.2) is 0 Å².